The number of halogens is 2. The van der Waals surface area contributed by atoms with Crippen LogP contribution < -0.4 is 25.3 Å². The number of amides is 1. The van der Waals surface area contributed by atoms with Crippen molar-refractivity contribution in [3.63, 3.8) is 0 Å². The standard InChI is InChI=1S/C22H33N3O5.2ClH/c1-27-18-8-15(9-19(28-2)21(18)29-7-3-6-23)22(26)24-16-10-17-13-30-20(14-4-5-14)12-25(17)11-16;;/h8-9,14,16-17,20H,3-7,10-13,23H2,1-2H3,(H,24,26);2*1H/t16-,17+,20+;;/m1../s1. The first-order valence-corrected chi connectivity index (χ1v) is 10.9. The van der Waals surface area contributed by atoms with Crippen LogP contribution in [0.15, 0.2) is 12.1 Å². The highest BCUT2D eigenvalue weighted by Gasteiger charge is 2.42. The van der Waals surface area contributed by atoms with E-state index in [1.54, 1.807) is 26.4 Å². The van der Waals surface area contributed by atoms with Crippen molar-refractivity contribution in [2.24, 2.45) is 11.7 Å². The van der Waals surface area contributed by atoms with Gasteiger partial charge in [-0.3, -0.25) is 9.69 Å². The van der Waals surface area contributed by atoms with E-state index >= 15 is 0 Å². The van der Waals surface area contributed by atoms with E-state index in [4.69, 9.17) is 24.7 Å². The maximum Gasteiger partial charge on any atom is 0.251 e. The highest BCUT2D eigenvalue weighted by atomic mass is 35.5. The minimum Gasteiger partial charge on any atom is -0.493 e. The Morgan fingerprint density at radius 1 is 1.19 bits per heavy atom. The summed E-state index contributed by atoms with van der Waals surface area (Å²) in [7, 11) is 3.11. The second kappa shape index (κ2) is 12.1. The van der Waals surface area contributed by atoms with Gasteiger partial charge in [0.2, 0.25) is 5.75 Å². The Kier molecular flexibility index (Phi) is 10.2. The maximum absolute atomic E-state index is 13.0. The quantitative estimate of drug-likeness (QED) is 0.511. The lowest BCUT2D eigenvalue weighted by atomic mass is 10.1. The lowest BCUT2D eigenvalue weighted by molar-refractivity contribution is -0.0581. The number of morpholine rings is 1. The number of carbonyl (C=O) groups excluding carboxylic acids is 1. The van der Waals surface area contributed by atoms with Crippen molar-refractivity contribution in [3.05, 3.63) is 17.7 Å². The third kappa shape index (κ3) is 6.11. The highest BCUT2D eigenvalue weighted by Crippen LogP contribution is 2.39. The number of nitrogens with two attached hydrogens (primary N) is 1. The van der Waals surface area contributed by atoms with Gasteiger partial charge in [-0.25, -0.2) is 0 Å². The topological polar surface area (TPSA) is 95.3 Å². The van der Waals surface area contributed by atoms with E-state index in [1.807, 2.05) is 0 Å². The maximum atomic E-state index is 13.0. The molecule has 2 saturated heterocycles. The first-order chi connectivity index (χ1) is 14.6. The van der Waals surface area contributed by atoms with Crippen LogP contribution in [-0.2, 0) is 4.74 Å². The van der Waals surface area contributed by atoms with Gasteiger partial charge in [-0.1, -0.05) is 0 Å². The molecule has 1 aromatic carbocycles. The number of benzene rings is 1. The van der Waals surface area contributed by atoms with Gasteiger partial charge in [-0.15, -0.1) is 24.8 Å². The molecule has 1 aliphatic carbocycles. The van der Waals surface area contributed by atoms with Crippen LogP contribution in [0.3, 0.4) is 0 Å². The molecule has 4 rings (SSSR count). The normalized spacial score (nSPS) is 24.5. The van der Waals surface area contributed by atoms with Crippen LogP contribution >= 0.6 is 24.8 Å². The van der Waals surface area contributed by atoms with Crippen LogP contribution in [-0.4, -0.2) is 76.1 Å². The molecular formula is C22H35Cl2N3O5. The summed E-state index contributed by atoms with van der Waals surface area (Å²) in [6.07, 6.45) is 4.59. The molecule has 0 bridgehead atoms. The van der Waals surface area contributed by atoms with E-state index in [-0.39, 0.29) is 36.8 Å². The molecule has 1 amide bonds. The molecule has 2 aliphatic heterocycles. The number of hydrogen-bond donors (Lipinski definition) is 2. The van der Waals surface area contributed by atoms with E-state index in [1.165, 1.54) is 12.8 Å². The second-order valence-corrected chi connectivity index (χ2v) is 8.42. The summed E-state index contributed by atoms with van der Waals surface area (Å²) in [5.41, 5.74) is 6.03. The molecule has 3 atom stereocenters. The Bertz CT molecular complexity index is 740. The van der Waals surface area contributed by atoms with E-state index in [0.29, 0.717) is 48.1 Å². The number of ether oxygens (including phenoxy) is 4. The second-order valence-electron chi connectivity index (χ2n) is 8.42. The highest BCUT2D eigenvalue weighted by molar-refractivity contribution is 5.95. The van der Waals surface area contributed by atoms with Crippen molar-refractivity contribution in [3.8, 4) is 17.2 Å². The summed E-state index contributed by atoms with van der Waals surface area (Å²) in [6, 6.07) is 3.91. The predicted octanol–water partition coefficient (Wildman–Crippen LogP) is 2.26. The number of nitrogens with zero attached hydrogens (tertiary/aromatic N) is 1. The Hall–Kier alpha value is -1.45. The molecule has 10 heteroatoms. The SMILES string of the molecule is COc1cc(C(=O)N[C@@H]2C[C@H]3CO[C@H](C4CC4)CN3C2)cc(OC)c1OCCCN.Cl.Cl. The van der Waals surface area contributed by atoms with Crippen molar-refractivity contribution in [2.45, 2.75) is 43.9 Å². The first-order valence-electron chi connectivity index (χ1n) is 10.9. The van der Waals surface area contributed by atoms with E-state index in [0.717, 1.165) is 38.5 Å². The van der Waals surface area contributed by atoms with Crippen molar-refractivity contribution < 1.29 is 23.7 Å². The zero-order valence-electron chi connectivity index (χ0n) is 18.7. The molecule has 182 valence electrons. The minimum absolute atomic E-state index is 0. The van der Waals surface area contributed by atoms with Crippen molar-refractivity contribution in [1.29, 1.82) is 0 Å². The fraction of sp³-hybridized carbons (Fsp3) is 0.682. The van der Waals surface area contributed by atoms with Gasteiger partial charge in [0, 0.05) is 30.7 Å². The molecular weight excluding hydrogens is 457 g/mol. The monoisotopic (exact) mass is 491 g/mol. The summed E-state index contributed by atoms with van der Waals surface area (Å²) in [6.45, 7) is 3.62. The largest absolute Gasteiger partial charge is 0.493 e. The summed E-state index contributed by atoms with van der Waals surface area (Å²) >= 11 is 0. The van der Waals surface area contributed by atoms with Gasteiger partial charge in [-0.2, -0.15) is 0 Å². The molecule has 3 aliphatic rings. The van der Waals surface area contributed by atoms with Crippen LogP contribution in [0.4, 0.5) is 0 Å². The molecule has 0 spiro atoms. The zero-order chi connectivity index (χ0) is 21.1. The molecule has 3 fully saturated rings. The van der Waals surface area contributed by atoms with Gasteiger partial charge >= 0.3 is 0 Å². The number of nitrogens with one attached hydrogen (secondary N) is 1. The number of fused-ring (bicyclic) bond motifs is 1. The molecule has 1 aromatic rings. The summed E-state index contributed by atoms with van der Waals surface area (Å²) in [5.74, 6) is 2.04. The van der Waals surface area contributed by atoms with Crippen LogP contribution in [0.1, 0.15) is 36.0 Å². The van der Waals surface area contributed by atoms with Crippen molar-refractivity contribution in [1.82, 2.24) is 10.2 Å². The Balaban J connectivity index is 0.00000181. The Morgan fingerprint density at radius 2 is 1.88 bits per heavy atom. The predicted molar refractivity (Wildman–Crippen MR) is 127 cm³/mol. The molecule has 32 heavy (non-hydrogen) atoms. The Morgan fingerprint density at radius 3 is 2.47 bits per heavy atom. The van der Waals surface area contributed by atoms with Gasteiger partial charge in [0.1, 0.15) is 0 Å². The van der Waals surface area contributed by atoms with Crippen molar-refractivity contribution in [2.75, 3.05) is 47.1 Å². The summed E-state index contributed by atoms with van der Waals surface area (Å²) in [4.78, 5) is 15.4. The van der Waals surface area contributed by atoms with E-state index in [9.17, 15) is 4.79 Å². The number of rotatable bonds is 9. The van der Waals surface area contributed by atoms with E-state index < -0.39 is 0 Å². The summed E-state index contributed by atoms with van der Waals surface area (Å²) in [5, 5.41) is 3.18. The molecule has 1 saturated carbocycles. The van der Waals surface area contributed by atoms with Gasteiger partial charge in [-0.05, 0) is 50.3 Å². The first kappa shape index (κ1) is 26.8. The minimum atomic E-state index is -0.135. The van der Waals surface area contributed by atoms with Gasteiger partial charge < -0.3 is 30.0 Å². The number of carbonyl (C=O) groups is 1. The van der Waals surface area contributed by atoms with Crippen LogP contribution in [0.2, 0.25) is 0 Å². The molecule has 2 heterocycles. The third-order valence-electron chi connectivity index (χ3n) is 6.25. The zero-order valence-corrected chi connectivity index (χ0v) is 20.3. The third-order valence-corrected chi connectivity index (χ3v) is 6.25. The molecule has 8 nitrogen and oxygen atoms in total. The fourth-order valence-electron chi connectivity index (χ4n) is 4.44. The van der Waals surface area contributed by atoms with Crippen LogP contribution in [0.25, 0.3) is 0 Å². The van der Waals surface area contributed by atoms with E-state index in [2.05, 4.69) is 10.2 Å². The molecule has 3 N–H and O–H groups in total. The van der Waals surface area contributed by atoms with Gasteiger partial charge in [0.15, 0.2) is 11.5 Å². The smallest absolute Gasteiger partial charge is 0.251 e. The van der Waals surface area contributed by atoms with Crippen LogP contribution in [0, 0.1) is 5.92 Å². The lowest BCUT2D eigenvalue weighted by Gasteiger charge is -2.35. The average molecular weight is 492 g/mol. The summed E-state index contributed by atoms with van der Waals surface area (Å²) < 4.78 is 22.7. The van der Waals surface area contributed by atoms with Gasteiger partial charge in [0.25, 0.3) is 5.91 Å². The van der Waals surface area contributed by atoms with Gasteiger partial charge in [0.05, 0.1) is 33.5 Å². The van der Waals surface area contributed by atoms with Crippen molar-refractivity contribution >= 4 is 30.7 Å². The Labute approximate surface area is 202 Å². The average Bonchev–Trinajstić information content (AvgIpc) is 3.53. The lowest BCUT2D eigenvalue weighted by Crippen LogP contribution is -2.47. The number of hydrogen-bond acceptors (Lipinski definition) is 7. The number of methoxy groups -OCH3 is 2. The fourth-order valence-corrected chi connectivity index (χ4v) is 4.44. The molecule has 0 radical (unpaired) electrons. The van der Waals surface area contributed by atoms with Crippen LogP contribution in [0.5, 0.6) is 17.2 Å². The molecule has 0 aromatic heterocycles. The molecule has 0 unspecified atom stereocenters.